The van der Waals surface area contributed by atoms with Crippen LogP contribution < -0.4 is 5.32 Å². The van der Waals surface area contributed by atoms with E-state index in [1.54, 1.807) is 13.0 Å². The highest BCUT2D eigenvalue weighted by molar-refractivity contribution is 5.85. The first-order chi connectivity index (χ1) is 11.3. The number of halogens is 3. The van der Waals surface area contributed by atoms with E-state index >= 15 is 0 Å². The number of hydrogen-bond donors (Lipinski definition) is 2. The van der Waals surface area contributed by atoms with Gasteiger partial charge in [0.25, 0.3) is 5.91 Å². The quantitative estimate of drug-likeness (QED) is 0.863. The van der Waals surface area contributed by atoms with Crippen molar-refractivity contribution in [1.82, 2.24) is 5.32 Å². The molecule has 1 atom stereocenters. The third-order valence-corrected chi connectivity index (χ3v) is 4.36. The number of rotatable bonds is 5. The summed E-state index contributed by atoms with van der Waals surface area (Å²) in [6.07, 6.45) is -3.53. The summed E-state index contributed by atoms with van der Waals surface area (Å²) in [6.45, 7) is 2.37. The molecule has 0 aromatic heterocycles. The van der Waals surface area contributed by atoms with Gasteiger partial charge in [-0.3, -0.25) is 4.79 Å². The molecule has 2 N–H and O–H groups in total. The number of benzene rings is 1. The second-order valence-corrected chi connectivity index (χ2v) is 6.08. The van der Waals surface area contributed by atoms with E-state index in [1.807, 2.05) is 0 Å². The summed E-state index contributed by atoms with van der Waals surface area (Å²) in [5, 5.41) is 13.1. The zero-order chi connectivity index (χ0) is 17.8. The molecule has 1 aliphatic rings. The van der Waals surface area contributed by atoms with E-state index in [4.69, 9.17) is 4.74 Å². The average molecular weight is 345 g/mol. The number of carbonyl (C=O) groups excluding carboxylic acids is 1. The van der Waals surface area contributed by atoms with Crippen molar-refractivity contribution in [3.8, 4) is 0 Å². The van der Waals surface area contributed by atoms with Gasteiger partial charge in [-0.1, -0.05) is 25.1 Å². The fourth-order valence-corrected chi connectivity index (χ4v) is 2.79. The Labute approximate surface area is 139 Å². The molecule has 1 aromatic carbocycles. The lowest BCUT2D eigenvalue weighted by atomic mass is 9.92. The van der Waals surface area contributed by atoms with Crippen molar-refractivity contribution < 1.29 is 27.8 Å². The maximum Gasteiger partial charge on any atom is 0.416 e. The van der Waals surface area contributed by atoms with Gasteiger partial charge in [-0.15, -0.1) is 0 Å². The van der Waals surface area contributed by atoms with E-state index in [9.17, 15) is 23.1 Å². The molecule has 0 bridgehead atoms. The third kappa shape index (κ3) is 4.48. The average Bonchev–Trinajstić information content (AvgIpc) is 2.54. The molecule has 1 amide bonds. The Bertz CT molecular complexity index is 568. The Balaban J connectivity index is 2.09. The predicted octanol–water partition coefficient (Wildman–Crippen LogP) is 2.68. The summed E-state index contributed by atoms with van der Waals surface area (Å²) in [5.41, 5.74) is -2.06. The first kappa shape index (κ1) is 18.7. The van der Waals surface area contributed by atoms with E-state index in [0.29, 0.717) is 6.42 Å². The van der Waals surface area contributed by atoms with Gasteiger partial charge < -0.3 is 15.2 Å². The van der Waals surface area contributed by atoms with Crippen molar-refractivity contribution in [3.63, 3.8) is 0 Å². The van der Waals surface area contributed by atoms with Crippen LogP contribution in [0.1, 0.15) is 37.3 Å². The molecule has 1 aliphatic heterocycles. The van der Waals surface area contributed by atoms with Crippen LogP contribution in [0.3, 0.4) is 0 Å². The third-order valence-electron chi connectivity index (χ3n) is 4.36. The van der Waals surface area contributed by atoms with Gasteiger partial charge in [-0.25, -0.2) is 0 Å². The van der Waals surface area contributed by atoms with Crippen molar-refractivity contribution in [2.75, 3.05) is 13.2 Å². The van der Waals surface area contributed by atoms with Crippen LogP contribution in [0.4, 0.5) is 13.2 Å². The topological polar surface area (TPSA) is 58.6 Å². The van der Waals surface area contributed by atoms with Gasteiger partial charge in [-0.05, 0) is 24.5 Å². The van der Waals surface area contributed by atoms with Crippen molar-refractivity contribution >= 4 is 5.91 Å². The first-order valence-corrected chi connectivity index (χ1v) is 8.02. The van der Waals surface area contributed by atoms with Gasteiger partial charge in [0, 0.05) is 32.1 Å². The number of alkyl halides is 3. The van der Waals surface area contributed by atoms with Crippen LogP contribution in [-0.2, 0) is 22.1 Å². The van der Waals surface area contributed by atoms with Crippen LogP contribution in [0.15, 0.2) is 24.3 Å². The minimum absolute atomic E-state index is 0.0600. The van der Waals surface area contributed by atoms with E-state index in [2.05, 4.69) is 5.32 Å². The van der Waals surface area contributed by atoms with Gasteiger partial charge in [0.2, 0.25) is 0 Å². The molecule has 1 aromatic rings. The number of aliphatic hydroxyl groups is 1. The lowest BCUT2D eigenvalue weighted by Crippen LogP contribution is -2.53. The zero-order valence-corrected chi connectivity index (χ0v) is 13.5. The van der Waals surface area contributed by atoms with Gasteiger partial charge in [0.1, 0.15) is 5.60 Å². The molecule has 0 unspecified atom stereocenters. The van der Waals surface area contributed by atoms with E-state index in [-0.39, 0.29) is 38.0 Å². The van der Waals surface area contributed by atoms with Crippen LogP contribution in [0.25, 0.3) is 0 Å². The number of amides is 1. The Morgan fingerprint density at radius 3 is 2.54 bits per heavy atom. The van der Waals surface area contributed by atoms with Crippen molar-refractivity contribution in [2.45, 2.75) is 50.4 Å². The van der Waals surface area contributed by atoms with Crippen LogP contribution >= 0.6 is 0 Å². The molecule has 4 nitrogen and oxygen atoms in total. The number of nitrogens with one attached hydrogen (secondary N) is 1. The van der Waals surface area contributed by atoms with Gasteiger partial charge >= 0.3 is 6.18 Å². The normalized spacial score (nSPS) is 18.9. The van der Waals surface area contributed by atoms with Crippen LogP contribution in [0.2, 0.25) is 0 Å². The molecule has 0 radical (unpaired) electrons. The predicted molar refractivity (Wildman–Crippen MR) is 82.4 cm³/mol. The second kappa shape index (κ2) is 7.53. The SMILES string of the molecule is CC[C@@H](Cc1ccccc1C(F)(F)F)NC(=O)C1(O)CCOCC1. The zero-order valence-electron chi connectivity index (χ0n) is 13.5. The van der Waals surface area contributed by atoms with Crippen LogP contribution in [0, 0.1) is 0 Å². The summed E-state index contributed by atoms with van der Waals surface area (Å²) in [6, 6.07) is 4.87. The Kier molecular flexibility index (Phi) is 5.87. The summed E-state index contributed by atoms with van der Waals surface area (Å²) in [5.74, 6) is -0.540. The number of carbonyl (C=O) groups is 1. The van der Waals surface area contributed by atoms with Gasteiger partial charge in [0.05, 0.1) is 5.56 Å². The van der Waals surface area contributed by atoms with Crippen molar-refractivity contribution in [1.29, 1.82) is 0 Å². The van der Waals surface area contributed by atoms with E-state index in [0.717, 1.165) is 6.07 Å². The standard InChI is InChI=1S/C17H22F3NO3/c1-2-13(21-15(22)16(23)7-9-24-10-8-16)11-12-5-3-4-6-14(12)17(18,19)20/h3-6,13,23H,2,7-11H2,1H3,(H,21,22)/t13-/m0/s1. The van der Waals surface area contributed by atoms with Gasteiger partial charge in [0.15, 0.2) is 0 Å². The van der Waals surface area contributed by atoms with Crippen molar-refractivity contribution in [2.24, 2.45) is 0 Å². The highest BCUT2D eigenvalue weighted by Crippen LogP contribution is 2.32. The molecule has 2 rings (SSSR count). The van der Waals surface area contributed by atoms with E-state index in [1.165, 1.54) is 12.1 Å². The lowest BCUT2D eigenvalue weighted by Gasteiger charge is -2.32. The molecule has 1 saturated heterocycles. The molecule has 1 fully saturated rings. The molecule has 24 heavy (non-hydrogen) atoms. The number of ether oxygens (including phenoxy) is 1. The van der Waals surface area contributed by atoms with Crippen LogP contribution in [0.5, 0.6) is 0 Å². The summed E-state index contributed by atoms with van der Waals surface area (Å²) < 4.78 is 44.4. The van der Waals surface area contributed by atoms with Crippen molar-refractivity contribution in [3.05, 3.63) is 35.4 Å². The number of hydrogen-bond acceptors (Lipinski definition) is 3. The molecule has 134 valence electrons. The minimum atomic E-state index is -4.43. The van der Waals surface area contributed by atoms with E-state index < -0.39 is 29.3 Å². The first-order valence-electron chi connectivity index (χ1n) is 8.02. The van der Waals surface area contributed by atoms with Gasteiger partial charge in [-0.2, -0.15) is 13.2 Å². The monoisotopic (exact) mass is 345 g/mol. The molecule has 1 heterocycles. The molecular formula is C17H22F3NO3. The fourth-order valence-electron chi connectivity index (χ4n) is 2.79. The Morgan fingerprint density at radius 2 is 1.96 bits per heavy atom. The molecule has 0 saturated carbocycles. The molecule has 0 spiro atoms. The Hall–Kier alpha value is -1.60. The highest BCUT2D eigenvalue weighted by atomic mass is 19.4. The fraction of sp³-hybridized carbons (Fsp3) is 0.588. The highest BCUT2D eigenvalue weighted by Gasteiger charge is 2.39. The largest absolute Gasteiger partial charge is 0.416 e. The molecular weight excluding hydrogens is 323 g/mol. The molecule has 7 heteroatoms. The smallest absolute Gasteiger partial charge is 0.381 e. The summed E-state index contributed by atoms with van der Waals surface area (Å²) in [4.78, 5) is 12.3. The maximum atomic E-state index is 13.1. The molecule has 0 aliphatic carbocycles. The lowest BCUT2D eigenvalue weighted by molar-refractivity contribution is -0.150. The second-order valence-electron chi connectivity index (χ2n) is 6.08. The minimum Gasteiger partial charge on any atom is -0.381 e. The van der Waals surface area contributed by atoms with Crippen LogP contribution in [-0.4, -0.2) is 35.9 Å². The Morgan fingerprint density at radius 1 is 1.33 bits per heavy atom. The summed E-state index contributed by atoms with van der Waals surface area (Å²) in [7, 11) is 0. The summed E-state index contributed by atoms with van der Waals surface area (Å²) >= 11 is 0. The maximum absolute atomic E-state index is 13.1.